The third kappa shape index (κ3) is 2.82. The highest BCUT2D eigenvalue weighted by molar-refractivity contribution is 5.71. The predicted molar refractivity (Wildman–Crippen MR) is 69.7 cm³/mol. The minimum absolute atomic E-state index is 0.802. The second kappa shape index (κ2) is 5.77. The highest BCUT2D eigenvalue weighted by Gasteiger charge is 2.07. The summed E-state index contributed by atoms with van der Waals surface area (Å²) in [6.45, 7) is 0.802. The molecule has 0 aliphatic heterocycles. The van der Waals surface area contributed by atoms with Gasteiger partial charge in [0.2, 0.25) is 0 Å². The van der Waals surface area contributed by atoms with Gasteiger partial charge in [0, 0.05) is 19.7 Å². The largest absolute Gasteiger partial charge is 0.330 e. The van der Waals surface area contributed by atoms with Crippen LogP contribution < -0.4 is 5.73 Å². The van der Waals surface area contributed by atoms with E-state index in [2.05, 4.69) is 27.6 Å². The van der Waals surface area contributed by atoms with Gasteiger partial charge in [0.1, 0.15) is 5.82 Å². The molecule has 0 aliphatic rings. The van der Waals surface area contributed by atoms with Crippen LogP contribution in [0, 0.1) is 0 Å². The molecule has 92 valence electrons. The van der Waals surface area contributed by atoms with E-state index in [1.54, 1.807) is 6.20 Å². The van der Waals surface area contributed by atoms with Crippen molar-refractivity contribution in [1.29, 1.82) is 0 Å². The summed E-state index contributed by atoms with van der Waals surface area (Å²) in [5.74, 6) is 1.13. The van der Waals surface area contributed by atoms with Crippen LogP contribution in [0.25, 0.3) is 11.2 Å². The zero-order chi connectivity index (χ0) is 12.1. The van der Waals surface area contributed by atoms with Crippen molar-refractivity contribution in [2.24, 2.45) is 12.8 Å². The number of aromatic nitrogens is 3. The molecule has 0 amide bonds. The summed E-state index contributed by atoms with van der Waals surface area (Å²) in [6, 6.07) is 4.02. The van der Waals surface area contributed by atoms with Gasteiger partial charge in [-0.25, -0.2) is 9.97 Å². The number of imidazole rings is 1. The highest BCUT2D eigenvalue weighted by atomic mass is 15.1. The third-order valence-electron chi connectivity index (χ3n) is 3.10. The van der Waals surface area contributed by atoms with E-state index < -0.39 is 0 Å². The van der Waals surface area contributed by atoms with Crippen LogP contribution in [0.5, 0.6) is 0 Å². The molecule has 0 saturated heterocycles. The Morgan fingerprint density at radius 1 is 1.24 bits per heavy atom. The maximum atomic E-state index is 5.47. The van der Waals surface area contributed by atoms with Crippen molar-refractivity contribution in [2.45, 2.75) is 32.1 Å². The molecular formula is C13H20N4. The Labute approximate surface area is 102 Å². The zero-order valence-electron chi connectivity index (χ0n) is 10.4. The van der Waals surface area contributed by atoms with Gasteiger partial charge in [-0.15, -0.1) is 0 Å². The zero-order valence-corrected chi connectivity index (χ0v) is 10.4. The number of rotatable bonds is 6. The van der Waals surface area contributed by atoms with E-state index in [4.69, 9.17) is 5.73 Å². The quantitative estimate of drug-likeness (QED) is 0.775. The van der Waals surface area contributed by atoms with Crippen molar-refractivity contribution in [3.05, 3.63) is 24.2 Å². The second-order valence-corrected chi connectivity index (χ2v) is 4.39. The molecule has 0 spiro atoms. The Balaban J connectivity index is 1.97. The number of pyridine rings is 1. The van der Waals surface area contributed by atoms with Crippen LogP contribution in [0.4, 0.5) is 0 Å². The molecule has 0 bridgehead atoms. The average Bonchev–Trinajstić information content (AvgIpc) is 2.67. The molecule has 0 unspecified atom stereocenters. The number of hydrogen-bond donors (Lipinski definition) is 1. The standard InChI is InChI=1S/C13H20N4/c1-17-11-7-6-10-15-13(11)16-12(17)8-4-2-3-5-9-14/h6-7,10H,2-5,8-9,14H2,1H3. The highest BCUT2D eigenvalue weighted by Crippen LogP contribution is 2.14. The molecule has 0 saturated carbocycles. The van der Waals surface area contributed by atoms with E-state index in [0.29, 0.717) is 0 Å². The van der Waals surface area contributed by atoms with Gasteiger partial charge in [-0.05, 0) is 31.5 Å². The summed E-state index contributed by atoms with van der Waals surface area (Å²) in [5.41, 5.74) is 7.44. The van der Waals surface area contributed by atoms with E-state index in [1.807, 2.05) is 6.07 Å². The number of hydrogen-bond acceptors (Lipinski definition) is 3. The lowest BCUT2D eigenvalue weighted by atomic mass is 10.1. The minimum Gasteiger partial charge on any atom is -0.330 e. The molecule has 0 atom stereocenters. The van der Waals surface area contributed by atoms with Crippen LogP contribution >= 0.6 is 0 Å². The topological polar surface area (TPSA) is 56.7 Å². The molecule has 0 fully saturated rings. The van der Waals surface area contributed by atoms with Crippen molar-refractivity contribution in [3.63, 3.8) is 0 Å². The van der Waals surface area contributed by atoms with Crippen LogP contribution in [-0.2, 0) is 13.5 Å². The summed E-state index contributed by atoms with van der Waals surface area (Å²) >= 11 is 0. The molecule has 2 N–H and O–H groups in total. The molecule has 2 aromatic rings. The molecule has 0 radical (unpaired) electrons. The van der Waals surface area contributed by atoms with Crippen LogP contribution in [0.2, 0.25) is 0 Å². The Kier molecular flexibility index (Phi) is 4.09. The minimum atomic E-state index is 0.802. The van der Waals surface area contributed by atoms with E-state index in [0.717, 1.165) is 36.4 Å². The first-order valence-electron chi connectivity index (χ1n) is 6.29. The monoisotopic (exact) mass is 232 g/mol. The summed E-state index contributed by atoms with van der Waals surface area (Å²) in [7, 11) is 2.06. The molecule has 0 aromatic carbocycles. The molecule has 2 aromatic heterocycles. The Morgan fingerprint density at radius 3 is 2.82 bits per heavy atom. The van der Waals surface area contributed by atoms with Gasteiger partial charge in [0.05, 0.1) is 5.52 Å². The van der Waals surface area contributed by atoms with Gasteiger partial charge in [0.25, 0.3) is 0 Å². The smallest absolute Gasteiger partial charge is 0.177 e. The van der Waals surface area contributed by atoms with Crippen LogP contribution in [-0.4, -0.2) is 21.1 Å². The Morgan fingerprint density at radius 2 is 2.06 bits per heavy atom. The predicted octanol–water partition coefficient (Wildman–Crippen LogP) is 2.03. The van der Waals surface area contributed by atoms with Crippen LogP contribution in [0.1, 0.15) is 31.5 Å². The van der Waals surface area contributed by atoms with E-state index >= 15 is 0 Å². The number of fused-ring (bicyclic) bond motifs is 1. The van der Waals surface area contributed by atoms with Crippen LogP contribution in [0.3, 0.4) is 0 Å². The fourth-order valence-electron chi connectivity index (χ4n) is 2.08. The fraction of sp³-hybridized carbons (Fsp3) is 0.538. The normalized spacial score (nSPS) is 11.2. The fourth-order valence-corrected chi connectivity index (χ4v) is 2.08. The lowest BCUT2D eigenvalue weighted by molar-refractivity contribution is 0.627. The van der Waals surface area contributed by atoms with Gasteiger partial charge in [-0.2, -0.15) is 0 Å². The second-order valence-electron chi connectivity index (χ2n) is 4.39. The lowest BCUT2D eigenvalue weighted by Gasteiger charge is -2.02. The van der Waals surface area contributed by atoms with Crippen LogP contribution in [0.15, 0.2) is 18.3 Å². The van der Waals surface area contributed by atoms with Crippen molar-refractivity contribution in [2.75, 3.05) is 6.54 Å². The van der Waals surface area contributed by atoms with Gasteiger partial charge >= 0.3 is 0 Å². The van der Waals surface area contributed by atoms with Gasteiger partial charge in [-0.1, -0.05) is 12.8 Å². The lowest BCUT2D eigenvalue weighted by Crippen LogP contribution is -2.00. The number of aryl methyl sites for hydroxylation is 2. The number of unbranched alkanes of at least 4 members (excludes halogenated alkanes) is 3. The maximum Gasteiger partial charge on any atom is 0.177 e. The van der Waals surface area contributed by atoms with E-state index in [1.165, 1.54) is 19.3 Å². The first kappa shape index (κ1) is 12.0. The van der Waals surface area contributed by atoms with Crippen molar-refractivity contribution in [1.82, 2.24) is 14.5 Å². The molecule has 0 aliphatic carbocycles. The molecular weight excluding hydrogens is 212 g/mol. The average molecular weight is 232 g/mol. The summed E-state index contributed by atoms with van der Waals surface area (Å²) in [5, 5.41) is 0. The van der Waals surface area contributed by atoms with Crippen molar-refractivity contribution >= 4 is 11.2 Å². The summed E-state index contributed by atoms with van der Waals surface area (Å²) in [6.07, 6.45) is 7.57. The molecule has 4 nitrogen and oxygen atoms in total. The maximum absolute atomic E-state index is 5.47. The summed E-state index contributed by atoms with van der Waals surface area (Å²) < 4.78 is 2.14. The van der Waals surface area contributed by atoms with Crippen molar-refractivity contribution in [3.8, 4) is 0 Å². The molecule has 4 heteroatoms. The summed E-state index contributed by atoms with van der Waals surface area (Å²) in [4.78, 5) is 8.83. The number of nitrogens with two attached hydrogens (primary N) is 1. The van der Waals surface area contributed by atoms with Gasteiger partial charge in [-0.3, -0.25) is 0 Å². The Hall–Kier alpha value is -1.42. The molecule has 17 heavy (non-hydrogen) atoms. The van der Waals surface area contributed by atoms with E-state index in [9.17, 15) is 0 Å². The third-order valence-corrected chi connectivity index (χ3v) is 3.10. The first-order valence-corrected chi connectivity index (χ1v) is 6.29. The molecule has 2 heterocycles. The molecule has 2 rings (SSSR count). The van der Waals surface area contributed by atoms with Gasteiger partial charge < -0.3 is 10.3 Å². The van der Waals surface area contributed by atoms with Crippen molar-refractivity contribution < 1.29 is 0 Å². The first-order chi connectivity index (χ1) is 8.33. The Bertz CT molecular complexity index is 475. The van der Waals surface area contributed by atoms with Gasteiger partial charge in [0.15, 0.2) is 5.65 Å². The van der Waals surface area contributed by atoms with E-state index in [-0.39, 0.29) is 0 Å². The number of nitrogens with zero attached hydrogens (tertiary/aromatic N) is 3. The SMILES string of the molecule is Cn1c(CCCCCCN)nc2ncccc21.